The molecule has 10 heteroatoms. The number of hydrogen-bond donors (Lipinski definition) is 5. The summed E-state index contributed by atoms with van der Waals surface area (Å²) in [6, 6.07) is 0. The van der Waals surface area contributed by atoms with Gasteiger partial charge in [0.05, 0.1) is 0 Å². The Labute approximate surface area is 101 Å². The van der Waals surface area contributed by atoms with Crippen LogP contribution in [-0.2, 0) is 24.0 Å². The number of carbonyl (C=O) groups excluding carboxylic acids is 5. The summed E-state index contributed by atoms with van der Waals surface area (Å²) in [7, 11) is 0. The third kappa shape index (κ3) is 1.54. The Morgan fingerprint density at radius 1 is 0.611 bits per heavy atom. The van der Waals surface area contributed by atoms with E-state index in [0.717, 1.165) is 0 Å². The van der Waals surface area contributed by atoms with Crippen molar-refractivity contribution in [1.29, 1.82) is 0 Å². The van der Waals surface area contributed by atoms with Gasteiger partial charge in [0.15, 0.2) is 5.41 Å². The van der Waals surface area contributed by atoms with Gasteiger partial charge in [-0.25, -0.2) is 0 Å². The lowest BCUT2D eigenvalue weighted by Gasteiger charge is -2.36. The van der Waals surface area contributed by atoms with Gasteiger partial charge in [0.2, 0.25) is 35.0 Å². The lowest BCUT2D eigenvalue weighted by atomic mass is 9.61. The minimum Gasteiger partial charge on any atom is -0.369 e. The lowest BCUT2D eigenvalue weighted by molar-refractivity contribution is -0.167. The molecule has 0 aliphatic carbocycles. The molecule has 0 aromatic carbocycles. The average molecular weight is 259 g/mol. The van der Waals surface area contributed by atoms with Crippen molar-refractivity contribution < 1.29 is 24.0 Å². The van der Waals surface area contributed by atoms with E-state index in [1.54, 1.807) is 0 Å². The normalized spacial score (nSPS) is 11.6. The molecule has 0 saturated carbocycles. The van der Waals surface area contributed by atoms with Crippen molar-refractivity contribution in [1.82, 2.24) is 0 Å². The molecule has 10 nitrogen and oxygen atoms in total. The van der Waals surface area contributed by atoms with Crippen LogP contribution >= 0.6 is 0 Å². The van der Waals surface area contributed by atoms with Crippen molar-refractivity contribution in [2.45, 2.75) is 6.92 Å². The highest BCUT2D eigenvalue weighted by atomic mass is 16.2. The van der Waals surface area contributed by atoms with Crippen LogP contribution in [0.1, 0.15) is 6.92 Å². The Balaban J connectivity index is 6.60. The second-order valence-corrected chi connectivity index (χ2v) is 3.70. The maximum Gasteiger partial charge on any atom is 0.244 e. The van der Waals surface area contributed by atoms with E-state index in [1.807, 2.05) is 0 Å². The Morgan fingerprint density at radius 2 is 0.833 bits per heavy atom. The van der Waals surface area contributed by atoms with Gasteiger partial charge in [-0.15, -0.1) is 0 Å². The van der Waals surface area contributed by atoms with Gasteiger partial charge in [-0.05, 0) is 6.92 Å². The minimum absolute atomic E-state index is 0.692. The highest BCUT2D eigenvalue weighted by molar-refractivity contribution is 6.29. The van der Waals surface area contributed by atoms with E-state index in [9.17, 15) is 24.0 Å². The summed E-state index contributed by atoms with van der Waals surface area (Å²) in [5, 5.41) is 0. The van der Waals surface area contributed by atoms with Crippen LogP contribution in [0.25, 0.3) is 0 Å². The number of carbonyl (C=O) groups is 5. The van der Waals surface area contributed by atoms with E-state index in [-0.39, 0.29) is 0 Å². The number of amides is 5. The second kappa shape index (κ2) is 4.31. The average Bonchev–Trinajstić information content (AvgIpc) is 2.15. The summed E-state index contributed by atoms with van der Waals surface area (Å²) in [5.41, 5.74) is 18.6. The fourth-order valence-electron chi connectivity index (χ4n) is 1.59. The van der Waals surface area contributed by atoms with Crippen molar-refractivity contribution in [2.24, 2.45) is 39.5 Å². The zero-order chi connectivity index (χ0) is 14.9. The van der Waals surface area contributed by atoms with Crippen molar-refractivity contribution in [2.75, 3.05) is 0 Å². The number of rotatable bonds is 6. The molecular formula is C8H13N5O5. The molecule has 0 atom stereocenters. The minimum atomic E-state index is -3.13. The molecule has 0 heterocycles. The molecule has 5 amide bonds. The van der Waals surface area contributed by atoms with Gasteiger partial charge >= 0.3 is 0 Å². The fraction of sp³-hybridized carbons (Fsp3) is 0.375. The molecule has 0 aliphatic rings. The standard InChI is InChI=1S/C8H13N5O5/c1-7(2(9)14,3(10)15)8(4(11)16,5(12)17)6(13)18/h1H3,(H2,9,14)(H2,10,15)(H2,11,16)(H2,12,17)(H2,13,18). The zero-order valence-corrected chi connectivity index (χ0v) is 9.43. The van der Waals surface area contributed by atoms with E-state index < -0.39 is 40.4 Å². The number of primary amides is 5. The highest BCUT2D eigenvalue weighted by Gasteiger charge is 2.68. The predicted octanol–water partition coefficient (Wildman–Crippen LogP) is -4.59. The summed E-state index contributed by atoms with van der Waals surface area (Å²) in [5.74, 6) is -8.15. The van der Waals surface area contributed by atoms with E-state index in [2.05, 4.69) is 0 Å². The second-order valence-electron chi connectivity index (χ2n) is 3.70. The smallest absolute Gasteiger partial charge is 0.244 e. The summed E-state index contributed by atoms with van der Waals surface area (Å²) in [6.07, 6.45) is 0. The van der Waals surface area contributed by atoms with Gasteiger partial charge in [0.25, 0.3) is 0 Å². The first-order valence-electron chi connectivity index (χ1n) is 4.46. The fourth-order valence-corrected chi connectivity index (χ4v) is 1.59. The molecule has 100 valence electrons. The Kier molecular flexibility index (Phi) is 3.68. The summed E-state index contributed by atoms with van der Waals surface area (Å²) >= 11 is 0. The SMILES string of the molecule is CC(C(N)=O)(C(N)=O)C(C(N)=O)(C(N)=O)C(N)=O. The predicted molar refractivity (Wildman–Crippen MR) is 56.5 cm³/mol. The first kappa shape index (κ1) is 15.3. The molecular weight excluding hydrogens is 246 g/mol. The van der Waals surface area contributed by atoms with Gasteiger partial charge < -0.3 is 28.7 Å². The molecule has 0 saturated heterocycles. The monoisotopic (exact) mass is 259 g/mol. The Bertz CT molecular complexity index is 407. The largest absolute Gasteiger partial charge is 0.369 e. The van der Waals surface area contributed by atoms with E-state index in [4.69, 9.17) is 28.7 Å². The molecule has 18 heavy (non-hydrogen) atoms. The van der Waals surface area contributed by atoms with E-state index in [0.29, 0.717) is 6.92 Å². The maximum atomic E-state index is 11.4. The van der Waals surface area contributed by atoms with E-state index >= 15 is 0 Å². The highest BCUT2D eigenvalue weighted by Crippen LogP contribution is 2.39. The van der Waals surface area contributed by atoms with Gasteiger partial charge in [-0.3, -0.25) is 24.0 Å². The van der Waals surface area contributed by atoms with Crippen LogP contribution < -0.4 is 28.7 Å². The molecule has 0 aromatic heterocycles. The van der Waals surface area contributed by atoms with Crippen molar-refractivity contribution in [3.05, 3.63) is 0 Å². The van der Waals surface area contributed by atoms with Crippen LogP contribution in [0.2, 0.25) is 0 Å². The topological polar surface area (TPSA) is 215 Å². The Hall–Kier alpha value is -2.65. The molecule has 0 rings (SSSR count). The lowest BCUT2D eigenvalue weighted by Crippen LogP contribution is -2.71. The van der Waals surface area contributed by atoms with E-state index in [1.165, 1.54) is 0 Å². The van der Waals surface area contributed by atoms with Crippen molar-refractivity contribution in [3.8, 4) is 0 Å². The van der Waals surface area contributed by atoms with Crippen LogP contribution in [0, 0.1) is 10.8 Å². The van der Waals surface area contributed by atoms with Crippen molar-refractivity contribution >= 4 is 29.5 Å². The summed E-state index contributed by atoms with van der Waals surface area (Å²) < 4.78 is 0. The molecule has 0 aromatic rings. The molecule has 0 bridgehead atoms. The molecule has 0 radical (unpaired) electrons. The quantitative estimate of drug-likeness (QED) is 0.296. The van der Waals surface area contributed by atoms with Crippen LogP contribution in [0.4, 0.5) is 0 Å². The molecule has 0 aliphatic heterocycles. The van der Waals surface area contributed by atoms with Crippen LogP contribution in [-0.4, -0.2) is 29.5 Å². The molecule has 0 fully saturated rings. The van der Waals surface area contributed by atoms with Crippen LogP contribution in [0.15, 0.2) is 0 Å². The van der Waals surface area contributed by atoms with Crippen molar-refractivity contribution in [3.63, 3.8) is 0 Å². The van der Waals surface area contributed by atoms with Crippen LogP contribution in [0.3, 0.4) is 0 Å². The third-order valence-electron chi connectivity index (χ3n) is 2.84. The van der Waals surface area contributed by atoms with Gasteiger partial charge in [0, 0.05) is 0 Å². The maximum absolute atomic E-state index is 11.4. The molecule has 10 N–H and O–H groups in total. The van der Waals surface area contributed by atoms with Gasteiger partial charge in [-0.2, -0.15) is 0 Å². The summed E-state index contributed by atoms with van der Waals surface area (Å²) in [6.45, 7) is 0.692. The Morgan fingerprint density at radius 3 is 0.889 bits per heavy atom. The number of hydrogen-bond acceptors (Lipinski definition) is 5. The third-order valence-corrected chi connectivity index (χ3v) is 2.84. The zero-order valence-electron chi connectivity index (χ0n) is 9.43. The summed E-state index contributed by atoms with van der Waals surface area (Å²) in [4.78, 5) is 56.7. The molecule has 0 spiro atoms. The number of nitrogens with two attached hydrogens (primary N) is 5. The first-order valence-corrected chi connectivity index (χ1v) is 4.46. The van der Waals surface area contributed by atoms with Crippen LogP contribution in [0.5, 0.6) is 0 Å². The van der Waals surface area contributed by atoms with Gasteiger partial charge in [-0.1, -0.05) is 0 Å². The first-order chi connectivity index (χ1) is 7.97. The molecule has 0 unspecified atom stereocenters. The van der Waals surface area contributed by atoms with Gasteiger partial charge in [0.1, 0.15) is 0 Å².